The fraction of sp³-hybridized carbons (Fsp3) is 0.500. The molecule has 0 spiro atoms. The summed E-state index contributed by atoms with van der Waals surface area (Å²) in [5.41, 5.74) is 1.86. The maximum absolute atomic E-state index is 15.7. The highest BCUT2D eigenvalue weighted by atomic mass is 19.3. The topological polar surface area (TPSA) is 54.5 Å². The van der Waals surface area contributed by atoms with E-state index in [1.165, 1.54) is 4.90 Å². The van der Waals surface area contributed by atoms with E-state index in [-0.39, 0.29) is 23.8 Å². The number of rotatable bonds is 10. The van der Waals surface area contributed by atoms with Crippen molar-refractivity contribution in [1.82, 2.24) is 14.8 Å². The van der Waals surface area contributed by atoms with Gasteiger partial charge >= 0.3 is 0 Å². The molecular formula is C28H32F6N4O. The van der Waals surface area contributed by atoms with Crippen molar-refractivity contribution < 1.29 is 31.4 Å². The van der Waals surface area contributed by atoms with Crippen molar-refractivity contribution in [3.8, 4) is 0 Å². The molecule has 39 heavy (non-hydrogen) atoms. The molecule has 3 N–H and O–H groups in total. The number of aliphatic hydroxyl groups excluding tert-OH is 1. The first kappa shape index (κ1) is 27.8. The molecule has 1 aromatic heterocycles. The van der Waals surface area contributed by atoms with Crippen molar-refractivity contribution in [2.45, 2.75) is 37.4 Å². The fourth-order valence-corrected chi connectivity index (χ4v) is 5.86. The van der Waals surface area contributed by atoms with E-state index in [2.05, 4.69) is 10.3 Å². The predicted octanol–water partition coefficient (Wildman–Crippen LogP) is 5.06. The second kappa shape index (κ2) is 11.0. The molecule has 0 aliphatic carbocycles. The number of halogens is 6. The van der Waals surface area contributed by atoms with Crippen LogP contribution in [-0.2, 0) is 6.42 Å². The lowest BCUT2D eigenvalue weighted by Gasteiger charge is -2.42. The maximum Gasteiger partial charge on any atom is 0.283 e. The molecule has 0 amide bonds. The van der Waals surface area contributed by atoms with Crippen molar-refractivity contribution in [2.75, 3.05) is 51.5 Å². The van der Waals surface area contributed by atoms with E-state index in [1.807, 2.05) is 29.2 Å². The molecule has 5 rings (SSSR count). The Hall–Kier alpha value is -2.76. The zero-order valence-corrected chi connectivity index (χ0v) is 21.5. The number of aromatic nitrogens is 1. The van der Waals surface area contributed by atoms with Gasteiger partial charge in [0.25, 0.3) is 5.92 Å². The van der Waals surface area contributed by atoms with Crippen LogP contribution >= 0.6 is 0 Å². The van der Waals surface area contributed by atoms with Gasteiger partial charge in [0.1, 0.15) is 18.2 Å². The van der Waals surface area contributed by atoms with Gasteiger partial charge in [0.15, 0.2) is 0 Å². The van der Waals surface area contributed by atoms with Crippen molar-refractivity contribution in [1.29, 1.82) is 0 Å². The molecule has 2 aliphatic heterocycles. The van der Waals surface area contributed by atoms with Gasteiger partial charge in [-0.15, -0.1) is 0 Å². The molecule has 0 saturated carbocycles. The zero-order valence-electron chi connectivity index (χ0n) is 21.5. The molecular weight excluding hydrogens is 522 g/mol. The number of nitrogens with zero attached hydrogens (tertiary/aromatic N) is 2. The number of H-pyrrole nitrogens is 1. The number of aliphatic hydroxyl groups is 1. The first-order valence-electron chi connectivity index (χ1n) is 13.1. The second-order valence-corrected chi connectivity index (χ2v) is 10.8. The number of likely N-dealkylation sites (tertiary alicyclic amines) is 1. The van der Waals surface area contributed by atoms with Gasteiger partial charge in [-0.2, -0.15) is 0 Å². The summed E-state index contributed by atoms with van der Waals surface area (Å²) in [6.45, 7) is -0.798. The van der Waals surface area contributed by atoms with Crippen LogP contribution in [0.1, 0.15) is 29.8 Å². The maximum atomic E-state index is 15.7. The van der Waals surface area contributed by atoms with Gasteiger partial charge in [-0.25, -0.2) is 17.6 Å². The second-order valence-electron chi connectivity index (χ2n) is 10.8. The summed E-state index contributed by atoms with van der Waals surface area (Å²) in [6.07, 6.45) is 0.393. The standard InChI is InChI=1S/C28H32F6N4O/c1-16-6-21-20-4-2-3-5-24(20)36-26(21)27(38(16)14-28(33,34)15-39)25-22(31)7-18(8-23(25)32)35-19-12-37(13-19)11-17(9-29)10-30/h2-5,7-8,16-17,19,27,35-36,39H,6,9-15H2,1H3/t16-,27-/m1/s1. The summed E-state index contributed by atoms with van der Waals surface area (Å²) in [6, 6.07) is 7.87. The molecule has 0 unspecified atom stereocenters. The van der Waals surface area contributed by atoms with Gasteiger partial charge in [-0.05, 0) is 37.1 Å². The quantitative estimate of drug-likeness (QED) is 0.307. The molecule has 11 heteroatoms. The molecule has 212 valence electrons. The molecule has 3 aromatic rings. The van der Waals surface area contributed by atoms with Crippen LogP contribution < -0.4 is 5.32 Å². The van der Waals surface area contributed by atoms with Crippen LogP contribution in [0.5, 0.6) is 0 Å². The third-order valence-electron chi connectivity index (χ3n) is 7.80. The number of para-hydroxylation sites is 1. The Labute approximate surface area is 222 Å². The molecule has 1 saturated heterocycles. The number of hydrogen-bond donors (Lipinski definition) is 3. The van der Waals surface area contributed by atoms with Crippen molar-refractivity contribution in [3.63, 3.8) is 0 Å². The molecule has 1 fully saturated rings. The summed E-state index contributed by atoms with van der Waals surface area (Å²) in [5.74, 6) is -5.92. The zero-order chi connectivity index (χ0) is 27.9. The van der Waals surface area contributed by atoms with E-state index < -0.39 is 62.1 Å². The first-order valence-corrected chi connectivity index (χ1v) is 13.1. The van der Waals surface area contributed by atoms with Crippen LogP contribution in [0.3, 0.4) is 0 Å². The minimum absolute atomic E-state index is 0.149. The van der Waals surface area contributed by atoms with Gasteiger partial charge in [0, 0.05) is 59.4 Å². The van der Waals surface area contributed by atoms with Gasteiger partial charge < -0.3 is 15.4 Å². The van der Waals surface area contributed by atoms with Crippen LogP contribution in [0.15, 0.2) is 36.4 Å². The SMILES string of the molecule is C[C@@H]1Cc2c([nH]c3ccccc23)[C@@H](c2c(F)cc(NC3CN(CC(CF)CF)C3)cc2F)N1CC(F)(F)CO. The summed E-state index contributed by atoms with van der Waals surface area (Å²) in [4.78, 5) is 6.42. The van der Waals surface area contributed by atoms with Gasteiger partial charge in [0.05, 0.1) is 32.0 Å². The van der Waals surface area contributed by atoms with Gasteiger partial charge in [0.2, 0.25) is 0 Å². The highest BCUT2D eigenvalue weighted by Crippen LogP contribution is 2.43. The van der Waals surface area contributed by atoms with E-state index >= 15 is 8.78 Å². The molecule has 0 radical (unpaired) electrons. The Kier molecular flexibility index (Phi) is 7.85. The van der Waals surface area contributed by atoms with E-state index in [1.54, 1.807) is 6.92 Å². The minimum Gasteiger partial charge on any atom is -0.390 e. The number of anilines is 1. The number of alkyl halides is 4. The van der Waals surface area contributed by atoms with Gasteiger partial charge in [-0.1, -0.05) is 18.2 Å². The smallest absolute Gasteiger partial charge is 0.283 e. The lowest BCUT2D eigenvalue weighted by Crippen LogP contribution is -2.56. The molecule has 0 bridgehead atoms. The molecule has 2 atom stereocenters. The Morgan fingerprint density at radius 3 is 2.41 bits per heavy atom. The molecule has 3 heterocycles. The Bertz CT molecular complexity index is 1280. The summed E-state index contributed by atoms with van der Waals surface area (Å²) >= 11 is 0. The van der Waals surface area contributed by atoms with Gasteiger partial charge in [-0.3, -0.25) is 18.6 Å². The summed E-state index contributed by atoms with van der Waals surface area (Å²) in [5, 5.41) is 13.2. The Balaban J connectivity index is 1.45. The fourth-order valence-electron chi connectivity index (χ4n) is 5.86. The van der Waals surface area contributed by atoms with Crippen LogP contribution in [-0.4, -0.2) is 84.0 Å². The molecule has 2 aromatic carbocycles. The number of nitrogens with one attached hydrogen (secondary N) is 2. The van der Waals surface area contributed by atoms with Crippen LogP contribution in [0.2, 0.25) is 0 Å². The van der Waals surface area contributed by atoms with E-state index in [0.29, 0.717) is 25.2 Å². The van der Waals surface area contributed by atoms with Crippen molar-refractivity contribution in [3.05, 3.63) is 64.9 Å². The van der Waals surface area contributed by atoms with Crippen LogP contribution in [0.4, 0.5) is 32.0 Å². The van der Waals surface area contributed by atoms with E-state index in [4.69, 9.17) is 0 Å². The van der Waals surface area contributed by atoms with E-state index in [9.17, 15) is 22.7 Å². The third kappa shape index (κ3) is 5.49. The summed E-state index contributed by atoms with van der Waals surface area (Å²) in [7, 11) is 0. The molecule has 2 aliphatic rings. The number of hydrogen-bond acceptors (Lipinski definition) is 4. The van der Waals surface area contributed by atoms with E-state index in [0.717, 1.165) is 28.6 Å². The number of aromatic amines is 1. The lowest BCUT2D eigenvalue weighted by atomic mass is 9.87. The normalized spacial score (nSPS) is 20.9. The summed E-state index contributed by atoms with van der Waals surface area (Å²) < 4.78 is 85.9. The Morgan fingerprint density at radius 2 is 1.77 bits per heavy atom. The molecule has 5 nitrogen and oxygen atoms in total. The average molecular weight is 555 g/mol. The van der Waals surface area contributed by atoms with Crippen molar-refractivity contribution in [2.24, 2.45) is 5.92 Å². The largest absolute Gasteiger partial charge is 0.390 e. The highest BCUT2D eigenvalue weighted by molar-refractivity contribution is 5.85. The van der Waals surface area contributed by atoms with Crippen molar-refractivity contribution >= 4 is 16.6 Å². The Morgan fingerprint density at radius 1 is 1.10 bits per heavy atom. The highest BCUT2D eigenvalue weighted by Gasteiger charge is 2.43. The average Bonchev–Trinajstić information content (AvgIpc) is 3.24. The lowest BCUT2D eigenvalue weighted by molar-refractivity contribution is -0.0869. The predicted molar refractivity (Wildman–Crippen MR) is 138 cm³/mol. The van der Waals surface area contributed by atoms with Crippen LogP contribution in [0, 0.1) is 17.6 Å². The number of benzene rings is 2. The number of fused-ring (bicyclic) bond motifs is 3. The third-order valence-corrected chi connectivity index (χ3v) is 7.80. The van der Waals surface area contributed by atoms with Crippen LogP contribution in [0.25, 0.3) is 10.9 Å². The first-order chi connectivity index (χ1) is 18.6. The monoisotopic (exact) mass is 554 g/mol. The minimum atomic E-state index is -3.47.